The molecule has 0 bridgehead atoms. The molecule has 1 fully saturated rings. The number of ketones is 1. The van der Waals surface area contributed by atoms with Gasteiger partial charge < -0.3 is 20.6 Å². The molecule has 0 aromatic rings. The molecule has 0 spiro atoms. The van der Waals surface area contributed by atoms with E-state index in [1.165, 1.54) is 0 Å². The molecule has 0 aliphatic heterocycles. The van der Waals surface area contributed by atoms with Crippen LogP contribution < -0.4 is 5.32 Å². The van der Waals surface area contributed by atoms with Gasteiger partial charge >= 0.3 is 0 Å². The summed E-state index contributed by atoms with van der Waals surface area (Å²) in [5.41, 5.74) is 0. The normalized spacial score (nSPS) is 23.7. The summed E-state index contributed by atoms with van der Waals surface area (Å²) in [5, 5.41) is 31.5. The lowest BCUT2D eigenvalue weighted by molar-refractivity contribution is -0.122. The van der Waals surface area contributed by atoms with Gasteiger partial charge in [0.05, 0.1) is 18.8 Å². The van der Waals surface area contributed by atoms with Crippen LogP contribution in [0, 0.1) is 11.8 Å². The van der Waals surface area contributed by atoms with Crippen molar-refractivity contribution in [1.29, 1.82) is 0 Å². The molecular weight excluding hydrogens is 358 g/mol. The van der Waals surface area contributed by atoms with Crippen LogP contribution in [0.15, 0.2) is 24.3 Å². The summed E-state index contributed by atoms with van der Waals surface area (Å²) >= 11 is 0. The summed E-state index contributed by atoms with van der Waals surface area (Å²) in [7, 11) is 0. The maximum atomic E-state index is 12.2. The molecule has 160 valence electrons. The van der Waals surface area contributed by atoms with Crippen LogP contribution in [0.25, 0.3) is 0 Å². The van der Waals surface area contributed by atoms with Crippen molar-refractivity contribution in [3.05, 3.63) is 24.3 Å². The predicted molar refractivity (Wildman–Crippen MR) is 110 cm³/mol. The molecule has 28 heavy (non-hydrogen) atoms. The molecule has 0 radical (unpaired) electrons. The van der Waals surface area contributed by atoms with Crippen molar-refractivity contribution in [1.82, 2.24) is 5.32 Å². The van der Waals surface area contributed by atoms with E-state index >= 15 is 0 Å². The van der Waals surface area contributed by atoms with Crippen LogP contribution >= 0.6 is 0 Å². The minimum Gasteiger partial charge on any atom is -0.395 e. The minimum absolute atomic E-state index is 0.0573. The van der Waals surface area contributed by atoms with Crippen molar-refractivity contribution in [2.24, 2.45) is 11.8 Å². The smallest absolute Gasteiger partial charge is 0.220 e. The first-order valence-electron chi connectivity index (χ1n) is 10.6. The van der Waals surface area contributed by atoms with Gasteiger partial charge in [-0.3, -0.25) is 9.59 Å². The van der Waals surface area contributed by atoms with E-state index in [4.69, 9.17) is 5.11 Å². The molecule has 1 aliphatic rings. The second-order valence-electron chi connectivity index (χ2n) is 7.54. The summed E-state index contributed by atoms with van der Waals surface area (Å²) in [6.45, 7) is 2.34. The number of Topliss-reactive ketones (excluding diaryl/α,β-unsaturated/α-hetero) is 1. The molecule has 0 aromatic heterocycles. The highest BCUT2D eigenvalue weighted by Crippen LogP contribution is 2.33. The second kappa shape index (κ2) is 14.5. The largest absolute Gasteiger partial charge is 0.395 e. The quantitative estimate of drug-likeness (QED) is 0.267. The van der Waals surface area contributed by atoms with E-state index in [1.807, 2.05) is 18.2 Å². The van der Waals surface area contributed by atoms with Crippen molar-refractivity contribution < 1.29 is 24.9 Å². The molecule has 0 aromatic carbocycles. The Bertz CT molecular complexity index is 517. The monoisotopic (exact) mass is 395 g/mol. The van der Waals surface area contributed by atoms with E-state index in [1.54, 1.807) is 6.08 Å². The Hall–Kier alpha value is -1.50. The number of aliphatic hydroxyl groups is 3. The average molecular weight is 396 g/mol. The van der Waals surface area contributed by atoms with Crippen LogP contribution in [0.5, 0.6) is 0 Å². The summed E-state index contributed by atoms with van der Waals surface area (Å²) in [4.78, 5) is 23.6. The summed E-state index contributed by atoms with van der Waals surface area (Å²) in [6, 6.07) is 0. The van der Waals surface area contributed by atoms with Crippen LogP contribution in [-0.2, 0) is 9.59 Å². The number of hydrogen-bond donors (Lipinski definition) is 4. The molecule has 0 heterocycles. The average Bonchev–Trinajstić information content (AvgIpc) is 2.94. The Labute approximate surface area is 168 Å². The molecule has 4 N–H and O–H groups in total. The zero-order valence-electron chi connectivity index (χ0n) is 17.1. The lowest BCUT2D eigenvalue weighted by Gasteiger charge is -2.16. The van der Waals surface area contributed by atoms with E-state index in [-0.39, 0.29) is 43.1 Å². The highest BCUT2D eigenvalue weighted by Gasteiger charge is 2.39. The number of unbranched alkanes of at least 4 members (excludes halogenated alkanes) is 3. The molecule has 6 heteroatoms. The van der Waals surface area contributed by atoms with Crippen LogP contribution in [-0.4, -0.2) is 52.4 Å². The molecule has 0 saturated heterocycles. The van der Waals surface area contributed by atoms with Crippen LogP contribution in [0.2, 0.25) is 0 Å². The molecule has 1 rings (SSSR count). The van der Waals surface area contributed by atoms with Crippen molar-refractivity contribution in [3.8, 4) is 0 Å². The first kappa shape index (κ1) is 24.5. The maximum absolute atomic E-state index is 12.2. The number of carbonyl (C=O) groups excluding carboxylic acids is 2. The van der Waals surface area contributed by atoms with E-state index in [9.17, 15) is 19.8 Å². The minimum atomic E-state index is -0.680. The third-order valence-electron chi connectivity index (χ3n) is 5.16. The van der Waals surface area contributed by atoms with Crippen molar-refractivity contribution >= 4 is 11.7 Å². The fourth-order valence-electron chi connectivity index (χ4n) is 3.51. The van der Waals surface area contributed by atoms with Gasteiger partial charge in [0.1, 0.15) is 5.78 Å². The van der Waals surface area contributed by atoms with Gasteiger partial charge in [0.25, 0.3) is 0 Å². The third-order valence-corrected chi connectivity index (χ3v) is 5.16. The molecular formula is C22H37NO5. The Morgan fingerprint density at radius 1 is 1.29 bits per heavy atom. The number of hydrogen-bond acceptors (Lipinski definition) is 5. The van der Waals surface area contributed by atoms with Crippen LogP contribution in [0.1, 0.15) is 64.7 Å². The number of allylic oxidation sites excluding steroid dienone is 2. The number of aliphatic hydroxyl groups excluding tert-OH is 3. The molecule has 1 aliphatic carbocycles. The van der Waals surface area contributed by atoms with Crippen molar-refractivity contribution in [2.75, 3.05) is 13.2 Å². The van der Waals surface area contributed by atoms with Gasteiger partial charge in [-0.25, -0.2) is 0 Å². The van der Waals surface area contributed by atoms with Crippen LogP contribution in [0.3, 0.4) is 0 Å². The fraction of sp³-hybridized carbons (Fsp3) is 0.727. The third kappa shape index (κ3) is 9.62. The van der Waals surface area contributed by atoms with Gasteiger partial charge in [-0.05, 0) is 25.7 Å². The van der Waals surface area contributed by atoms with Gasteiger partial charge in [0.15, 0.2) is 0 Å². The lowest BCUT2D eigenvalue weighted by Crippen LogP contribution is -2.25. The highest BCUT2D eigenvalue weighted by molar-refractivity contribution is 5.84. The van der Waals surface area contributed by atoms with Gasteiger partial charge in [-0.1, -0.05) is 50.5 Å². The molecule has 4 atom stereocenters. The summed E-state index contributed by atoms with van der Waals surface area (Å²) < 4.78 is 0. The highest BCUT2D eigenvalue weighted by atomic mass is 16.3. The Kier molecular flexibility index (Phi) is 12.7. The first-order valence-corrected chi connectivity index (χ1v) is 10.6. The topological polar surface area (TPSA) is 107 Å². The lowest BCUT2D eigenvalue weighted by atomic mass is 9.90. The Morgan fingerprint density at radius 2 is 2.07 bits per heavy atom. The van der Waals surface area contributed by atoms with Crippen LogP contribution in [0.4, 0.5) is 0 Å². The Balaban J connectivity index is 2.40. The second-order valence-corrected chi connectivity index (χ2v) is 7.54. The van der Waals surface area contributed by atoms with E-state index in [0.29, 0.717) is 25.7 Å². The van der Waals surface area contributed by atoms with E-state index < -0.39 is 12.2 Å². The van der Waals surface area contributed by atoms with Gasteiger partial charge in [0.2, 0.25) is 5.91 Å². The molecule has 1 amide bonds. The summed E-state index contributed by atoms with van der Waals surface area (Å²) in [5.74, 6) is -0.504. The van der Waals surface area contributed by atoms with E-state index in [0.717, 1.165) is 25.7 Å². The first-order chi connectivity index (χ1) is 13.5. The van der Waals surface area contributed by atoms with E-state index in [2.05, 4.69) is 12.2 Å². The zero-order valence-corrected chi connectivity index (χ0v) is 17.1. The number of amides is 1. The molecule has 2 unspecified atom stereocenters. The van der Waals surface area contributed by atoms with Gasteiger partial charge in [0, 0.05) is 31.2 Å². The summed E-state index contributed by atoms with van der Waals surface area (Å²) in [6.07, 6.45) is 12.7. The molecule has 1 saturated carbocycles. The standard InChI is InChI=1S/C22H37NO5/c1-2-3-6-9-17(25)12-13-19-18(20(26)16-21(19)27)10-7-4-5-8-11-22(28)23-14-15-24/h4,7,12-13,17-19,21,24-25,27H,2-3,5-6,8-11,14-16H2,1H3,(H,23,28)/b7-4-,13-12+/t17?,18-,19-,21?/m1/s1. The van der Waals surface area contributed by atoms with Crippen molar-refractivity contribution in [2.45, 2.75) is 76.9 Å². The van der Waals surface area contributed by atoms with Gasteiger partial charge in [-0.15, -0.1) is 0 Å². The SMILES string of the molecule is CCCCCC(O)/C=C/[C@H]1C(O)CC(=O)[C@@H]1C/C=C\CCCC(=O)NCCO. The zero-order chi connectivity index (χ0) is 20.8. The number of rotatable bonds is 14. The Morgan fingerprint density at radius 3 is 2.79 bits per heavy atom. The molecule has 6 nitrogen and oxygen atoms in total. The fourth-order valence-corrected chi connectivity index (χ4v) is 3.51. The predicted octanol–water partition coefficient (Wildman–Crippen LogP) is 2.28. The van der Waals surface area contributed by atoms with Gasteiger partial charge in [-0.2, -0.15) is 0 Å². The number of nitrogens with one attached hydrogen (secondary N) is 1. The maximum Gasteiger partial charge on any atom is 0.220 e. The van der Waals surface area contributed by atoms with Crippen molar-refractivity contribution in [3.63, 3.8) is 0 Å². The number of carbonyl (C=O) groups is 2.